The van der Waals surface area contributed by atoms with Crippen LogP contribution in [0.5, 0.6) is 0 Å². The van der Waals surface area contributed by atoms with Crippen molar-refractivity contribution in [2.45, 2.75) is 129 Å². The molecule has 0 rings (SSSR count). The Balaban J connectivity index is 0. The monoisotopic (exact) mass is 555 g/mol. The molecule has 9 heteroatoms. The Morgan fingerprint density at radius 2 is 1.11 bits per heavy atom. The molecule has 0 aliphatic rings. The van der Waals surface area contributed by atoms with Crippen molar-refractivity contribution in [2.75, 3.05) is 54.7 Å². The fourth-order valence-corrected chi connectivity index (χ4v) is 4.62. The highest BCUT2D eigenvalue weighted by Gasteiger charge is 2.27. The summed E-state index contributed by atoms with van der Waals surface area (Å²) in [5.41, 5.74) is 0. The predicted octanol–water partition coefficient (Wildman–Crippen LogP) is 7.33. The Morgan fingerprint density at radius 1 is 0.703 bits per heavy atom. The molecule has 0 saturated carbocycles. The molecule has 0 fully saturated rings. The number of hydrogen-bond acceptors (Lipinski definition) is 6. The van der Waals surface area contributed by atoms with Crippen LogP contribution in [0.3, 0.4) is 0 Å². The lowest BCUT2D eigenvalue weighted by molar-refractivity contribution is -0.894. The maximum atomic E-state index is 12.1. The van der Waals surface area contributed by atoms with E-state index in [1.165, 1.54) is 96.3 Å². The number of rotatable bonds is 27. The molecular weight excluding hydrogens is 493 g/mol. The molecule has 0 aromatic rings. The summed E-state index contributed by atoms with van der Waals surface area (Å²) in [5.74, 6) is 0. The molecule has 8 nitrogen and oxygen atoms in total. The average Bonchev–Trinajstić information content (AvgIpc) is 2.83. The first-order chi connectivity index (χ1) is 17.1. The lowest BCUT2D eigenvalue weighted by atomic mass is 10.0. The maximum absolute atomic E-state index is 12.1. The number of methoxy groups -OCH3 is 1. The number of phosphoric acid groups is 1. The van der Waals surface area contributed by atoms with Crippen LogP contribution in [0.15, 0.2) is 0 Å². The molecular formula is C28H62NO7P. The van der Waals surface area contributed by atoms with Gasteiger partial charge in [0, 0.05) is 13.7 Å². The van der Waals surface area contributed by atoms with Gasteiger partial charge in [0.1, 0.15) is 18.8 Å². The van der Waals surface area contributed by atoms with Gasteiger partial charge in [0.25, 0.3) is 0 Å². The molecule has 0 aliphatic heterocycles. The number of phosphoric ester groups is 1. The van der Waals surface area contributed by atoms with E-state index < -0.39 is 13.9 Å². The molecule has 226 valence electrons. The van der Waals surface area contributed by atoms with Gasteiger partial charge in [-0.15, -0.1) is 0 Å². The van der Waals surface area contributed by atoms with E-state index >= 15 is 0 Å². The molecule has 0 spiro atoms. The van der Waals surface area contributed by atoms with Gasteiger partial charge >= 0.3 is 7.82 Å². The summed E-state index contributed by atoms with van der Waals surface area (Å²) in [7, 11) is 3.47. The van der Waals surface area contributed by atoms with Crippen molar-refractivity contribution in [3.05, 3.63) is 0 Å². The Kier molecular flexibility index (Phi) is 26.4. The minimum Gasteiger partial charge on any atom is -0.870 e. The van der Waals surface area contributed by atoms with Crippen LogP contribution in [-0.4, -0.2) is 81.7 Å². The number of unbranched alkanes of at least 4 members (excludes halogenated alkanes) is 15. The highest BCUT2D eigenvalue weighted by molar-refractivity contribution is 7.47. The molecule has 0 aromatic carbocycles. The second kappa shape index (κ2) is 25.0. The van der Waals surface area contributed by atoms with Gasteiger partial charge in [-0.25, -0.2) is 4.57 Å². The van der Waals surface area contributed by atoms with E-state index in [0.29, 0.717) is 17.7 Å². The summed E-state index contributed by atoms with van der Waals surface area (Å²) in [6, 6.07) is 0.0651. The summed E-state index contributed by atoms with van der Waals surface area (Å²) in [6.07, 6.45) is 21.2. The molecule has 3 atom stereocenters. The van der Waals surface area contributed by atoms with Crippen molar-refractivity contribution in [3.63, 3.8) is 0 Å². The van der Waals surface area contributed by atoms with Crippen LogP contribution in [0.2, 0.25) is 0 Å². The SMILES string of the molecule is CCCCCCCCCCCCCCCCCCOC[C@H](COP(=O)(O)OC[C@@H](C)[N+](C)(C)C)OC.[OH-]. The quantitative estimate of drug-likeness (QED) is 0.0643. The highest BCUT2D eigenvalue weighted by Crippen LogP contribution is 2.43. The zero-order chi connectivity index (χ0) is 27.1. The standard InChI is InChI=1S/C28H60NO6P.H2O/c1-7-8-9-10-11-12-13-14-15-16-17-18-19-20-21-22-23-33-25-28(32-6)26-35-36(30,31)34-24-27(2)29(3,4)5;/h27-28H,7-26H2,1-6H3;1H2/t27-,28-;/m1./s1. The van der Waals surface area contributed by atoms with Gasteiger partial charge in [0.05, 0.1) is 34.4 Å². The van der Waals surface area contributed by atoms with Gasteiger partial charge in [0.2, 0.25) is 0 Å². The minimum atomic E-state index is -4.11. The van der Waals surface area contributed by atoms with E-state index in [0.717, 1.165) is 6.42 Å². The van der Waals surface area contributed by atoms with Crippen molar-refractivity contribution in [2.24, 2.45) is 0 Å². The first kappa shape index (κ1) is 39.1. The lowest BCUT2D eigenvalue weighted by Gasteiger charge is -2.31. The number of likely N-dealkylation sites (N-methyl/N-ethyl adjacent to an activating group) is 1. The van der Waals surface area contributed by atoms with E-state index in [2.05, 4.69) is 6.92 Å². The molecule has 0 saturated heterocycles. The third-order valence-electron chi connectivity index (χ3n) is 7.00. The molecule has 0 aromatic heterocycles. The van der Waals surface area contributed by atoms with Gasteiger partial charge < -0.3 is 24.3 Å². The van der Waals surface area contributed by atoms with Crippen molar-refractivity contribution in [1.29, 1.82) is 0 Å². The van der Waals surface area contributed by atoms with Crippen LogP contribution in [0.25, 0.3) is 0 Å². The number of hydrogen-bond donors (Lipinski definition) is 1. The molecule has 0 radical (unpaired) electrons. The Morgan fingerprint density at radius 3 is 1.51 bits per heavy atom. The second-order valence-corrected chi connectivity index (χ2v) is 12.7. The van der Waals surface area contributed by atoms with E-state index in [1.807, 2.05) is 28.1 Å². The molecule has 0 amide bonds. The Hall–Kier alpha value is -0.0500. The summed E-state index contributed by atoms with van der Waals surface area (Å²) in [5, 5.41) is 0. The van der Waals surface area contributed by atoms with Gasteiger partial charge in [-0.3, -0.25) is 9.05 Å². The van der Waals surface area contributed by atoms with Crippen molar-refractivity contribution < 1.29 is 37.9 Å². The summed E-state index contributed by atoms with van der Waals surface area (Å²) < 4.78 is 34.0. The number of nitrogens with zero attached hydrogens (tertiary/aromatic N) is 1. The molecule has 0 bridgehead atoms. The van der Waals surface area contributed by atoms with Crippen LogP contribution in [-0.2, 0) is 23.1 Å². The molecule has 1 unspecified atom stereocenters. The zero-order valence-electron chi connectivity index (χ0n) is 25.1. The molecule has 2 N–H and O–H groups in total. The third-order valence-corrected chi connectivity index (χ3v) is 7.95. The zero-order valence-corrected chi connectivity index (χ0v) is 26.0. The maximum Gasteiger partial charge on any atom is 0.472 e. The second-order valence-electron chi connectivity index (χ2n) is 11.3. The highest BCUT2D eigenvalue weighted by atomic mass is 31.2. The van der Waals surface area contributed by atoms with Crippen molar-refractivity contribution in [3.8, 4) is 0 Å². The van der Waals surface area contributed by atoms with Crippen LogP contribution >= 0.6 is 7.82 Å². The first-order valence-electron chi connectivity index (χ1n) is 14.7. The summed E-state index contributed by atoms with van der Waals surface area (Å²) in [4.78, 5) is 9.91. The summed E-state index contributed by atoms with van der Waals surface area (Å²) in [6.45, 7) is 5.35. The van der Waals surface area contributed by atoms with E-state index in [4.69, 9.17) is 18.5 Å². The van der Waals surface area contributed by atoms with E-state index in [-0.39, 0.29) is 24.7 Å². The minimum absolute atomic E-state index is 0. The van der Waals surface area contributed by atoms with Crippen molar-refractivity contribution >= 4 is 7.82 Å². The van der Waals surface area contributed by atoms with Crippen LogP contribution in [0.4, 0.5) is 0 Å². The first-order valence-corrected chi connectivity index (χ1v) is 16.2. The van der Waals surface area contributed by atoms with Gasteiger partial charge in [-0.05, 0) is 13.3 Å². The fourth-order valence-electron chi connectivity index (χ4n) is 3.79. The smallest absolute Gasteiger partial charge is 0.472 e. The largest absolute Gasteiger partial charge is 0.870 e. The molecule has 0 aliphatic carbocycles. The van der Waals surface area contributed by atoms with Gasteiger partial charge in [-0.1, -0.05) is 103 Å². The molecule has 0 heterocycles. The Labute approximate surface area is 229 Å². The van der Waals surface area contributed by atoms with Gasteiger partial charge in [-0.2, -0.15) is 0 Å². The summed E-state index contributed by atoms with van der Waals surface area (Å²) >= 11 is 0. The molecule has 37 heavy (non-hydrogen) atoms. The van der Waals surface area contributed by atoms with E-state index in [1.54, 1.807) is 7.11 Å². The average molecular weight is 556 g/mol. The Bertz CT molecular complexity index is 531. The third kappa shape index (κ3) is 26.0. The van der Waals surface area contributed by atoms with Crippen LogP contribution < -0.4 is 0 Å². The van der Waals surface area contributed by atoms with Gasteiger partial charge in [0.15, 0.2) is 0 Å². The number of quaternary nitrogens is 1. The van der Waals surface area contributed by atoms with Crippen molar-refractivity contribution in [1.82, 2.24) is 0 Å². The predicted molar refractivity (Wildman–Crippen MR) is 152 cm³/mol. The van der Waals surface area contributed by atoms with Crippen LogP contribution in [0.1, 0.15) is 117 Å². The lowest BCUT2D eigenvalue weighted by Crippen LogP contribution is -2.45. The number of ether oxygens (including phenoxy) is 2. The topological polar surface area (TPSA) is 104 Å². The normalized spacial score (nSPS) is 15.2. The fraction of sp³-hybridized carbons (Fsp3) is 1.00. The van der Waals surface area contributed by atoms with Crippen LogP contribution in [0, 0.1) is 0 Å². The van der Waals surface area contributed by atoms with E-state index in [9.17, 15) is 9.46 Å².